The van der Waals surface area contributed by atoms with Gasteiger partial charge in [0.1, 0.15) is 6.34 Å². The van der Waals surface area contributed by atoms with E-state index in [9.17, 15) is 0 Å². The number of nitrogens with zero attached hydrogens (tertiary/aromatic N) is 3. The van der Waals surface area contributed by atoms with Crippen LogP contribution in [0.2, 0.25) is 0 Å². The van der Waals surface area contributed by atoms with E-state index in [4.69, 9.17) is 0 Å². The summed E-state index contributed by atoms with van der Waals surface area (Å²) in [5.41, 5.74) is 2.33. The quantitative estimate of drug-likeness (QED) is 0.392. The van der Waals surface area contributed by atoms with Gasteiger partial charge in [-0.25, -0.2) is 0 Å². The highest BCUT2D eigenvalue weighted by Gasteiger charge is 1.95. The first-order chi connectivity index (χ1) is 6.24. The minimum absolute atomic E-state index is 1.08. The second-order valence-corrected chi connectivity index (χ2v) is 2.82. The molecule has 0 amide bonds. The molecule has 0 bridgehead atoms. The maximum Gasteiger partial charge on any atom is 0.118 e. The molecule has 1 rings (SSSR count). The van der Waals surface area contributed by atoms with Gasteiger partial charge < -0.3 is 4.90 Å². The highest BCUT2D eigenvalue weighted by Crippen LogP contribution is 2.11. The molecule has 3 nitrogen and oxygen atoms in total. The molecule has 0 heterocycles. The molecule has 0 atom stereocenters. The Morgan fingerprint density at radius 1 is 1.31 bits per heavy atom. The van der Waals surface area contributed by atoms with Crippen LogP contribution >= 0.6 is 0 Å². The molecule has 0 aliphatic carbocycles. The van der Waals surface area contributed by atoms with E-state index >= 15 is 0 Å². The lowest BCUT2D eigenvalue weighted by molar-refractivity contribution is 1.21. The minimum Gasteiger partial charge on any atom is -0.334 e. The first kappa shape index (κ1) is 9.45. The monoisotopic (exact) mass is 175 g/mol. The maximum absolute atomic E-state index is 3.69. The van der Waals surface area contributed by atoms with Gasteiger partial charge in [-0.1, -0.05) is 17.7 Å². The molecule has 1 aromatic rings. The number of rotatable bonds is 3. The SMILES string of the molecule is C=N/N=C\N(C)c1ccc(C)cc1. The first-order valence-corrected chi connectivity index (χ1v) is 4.02. The molecule has 3 heteroatoms. The van der Waals surface area contributed by atoms with Gasteiger partial charge in [-0.2, -0.15) is 5.10 Å². The van der Waals surface area contributed by atoms with E-state index < -0.39 is 0 Å². The number of aryl methyl sites for hydroxylation is 1. The summed E-state index contributed by atoms with van der Waals surface area (Å²) in [4.78, 5) is 1.88. The average molecular weight is 175 g/mol. The summed E-state index contributed by atoms with van der Waals surface area (Å²) in [5, 5.41) is 7.08. The van der Waals surface area contributed by atoms with Crippen LogP contribution in [0.3, 0.4) is 0 Å². The summed E-state index contributed by atoms with van der Waals surface area (Å²) in [6.45, 7) is 5.32. The van der Waals surface area contributed by atoms with E-state index in [0.717, 1.165) is 5.69 Å². The van der Waals surface area contributed by atoms with E-state index in [1.807, 2.05) is 24.1 Å². The van der Waals surface area contributed by atoms with Crippen molar-refractivity contribution < 1.29 is 0 Å². The molecule has 0 aromatic heterocycles. The fourth-order valence-electron chi connectivity index (χ4n) is 0.961. The van der Waals surface area contributed by atoms with Crippen LogP contribution in [0.1, 0.15) is 5.56 Å². The summed E-state index contributed by atoms with van der Waals surface area (Å²) in [6.07, 6.45) is 1.62. The van der Waals surface area contributed by atoms with Crippen molar-refractivity contribution in [1.82, 2.24) is 0 Å². The van der Waals surface area contributed by atoms with Crippen LogP contribution in [-0.2, 0) is 0 Å². The standard InChI is InChI=1S/C10H13N3/c1-9-4-6-10(7-5-9)13(3)8-12-11-2/h4-8H,2H2,1,3H3/b12-8-. The lowest BCUT2D eigenvalue weighted by Crippen LogP contribution is -2.13. The third-order valence-electron chi connectivity index (χ3n) is 1.75. The van der Waals surface area contributed by atoms with Crippen LogP contribution in [-0.4, -0.2) is 20.1 Å². The van der Waals surface area contributed by atoms with Crippen molar-refractivity contribution in [1.29, 1.82) is 0 Å². The number of hydrogen-bond acceptors (Lipinski definition) is 2. The zero-order valence-corrected chi connectivity index (χ0v) is 7.94. The predicted octanol–water partition coefficient (Wildman–Crippen LogP) is 2.08. The molecule has 0 aliphatic rings. The van der Waals surface area contributed by atoms with Crippen LogP contribution < -0.4 is 4.90 Å². The van der Waals surface area contributed by atoms with Crippen molar-refractivity contribution in [2.75, 3.05) is 11.9 Å². The summed E-state index contributed by atoms with van der Waals surface area (Å²) in [6, 6.07) is 8.18. The molecule has 0 N–H and O–H groups in total. The van der Waals surface area contributed by atoms with Gasteiger partial charge >= 0.3 is 0 Å². The Hall–Kier alpha value is -1.64. The van der Waals surface area contributed by atoms with Gasteiger partial charge in [0.05, 0.1) is 0 Å². The van der Waals surface area contributed by atoms with Crippen LogP contribution in [0.4, 0.5) is 5.69 Å². The summed E-state index contributed by atoms with van der Waals surface area (Å²) in [7, 11) is 1.92. The van der Waals surface area contributed by atoms with Gasteiger partial charge in [-0.3, -0.25) is 0 Å². The summed E-state index contributed by atoms with van der Waals surface area (Å²) < 4.78 is 0. The van der Waals surface area contributed by atoms with Crippen molar-refractivity contribution >= 4 is 18.7 Å². The molecule has 0 radical (unpaired) electrons. The molecule has 0 spiro atoms. The first-order valence-electron chi connectivity index (χ1n) is 4.02. The van der Waals surface area contributed by atoms with Crippen molar-refractivity contribution in [2.24, 2.45) is 10.2 Å². The molecular formula is C10H13N3. The third-order valence-corrected chi connectivity index (χ3v) is 1.75. The lowest BCUT2D eigenvalue weighted by atomic mass is 10.2. The number of anilines is 1. The van der Waals surface area contributed by atoms with E-state index in [0.29, 0.717) is 0 Å². The zero-order valence-electron chi connectivity index (χ0n) is 7.94. The second-order valence-electron chi connectivity index (χ2n) is 2.82. The Morgan fingerprint density at radius 2 is 1.92 bits per heavy atom. The summed E-state index contributed by atoms with van der Waals surface area (Å²) >= 11 is 0. The van der Waals surface area contributed by atoms with Crippen LogP contribution in [0, 0.1) is 6.92 Å². The molecule has 0 aliphatic heterocycles. The Labute approximate surface area is 78.4 Å². The van der Waals surface area contributed by atoms with Crippen molar-refractivity contribution in [3.63, 3.8) is 0 Å². The van der Waals surface area contributed by atoms with Crippen molar-refractivity contribution in [3.05, 3.63) is 29.8 Å². The van der Waals surface area contributed by atoms with Crippen molar-refractivity contribution in [3.8, 4) is 0 Å². The highest BCUT2D eigenvalue weighted by atomic mass is 15.3. The Balaban J connectivity index is 2.77. The van der Waals surface area contributed by atoms with Crippen molar-refractivity contribution in [2.45, 2.75) is 6.92 Å². The molecular weight excluding hydrogens is 162 g/mol. The normalized spacial score (nSPS) is 10.3. The molecule has 0 saturated heterocycles. The van der Waals surface area contributed by atoms with Crippen LogP contribution in [0.15, 0.2) is 34.5 Å². The lowest BCUT2D eigenvalue weighted by Gasteiger charge is -2.11. The molecule has 0 unspecified atom stereocenters. The van der Waals surface area contributed by atoms with Gasteiger partial charge in [0, 0.05) is 19.5 Å². The molecule has 68 valence electrons. The largest absolute Gasteiger partial charge is 0.334 e. The smallest absolute Gasteiger partial charge is 0.118 e. The summed E-state index contributed by atoms with van der Waals surface area (Å²) in [5.74, 6) is 0. The van der Waals surface area contributed by atoms with Gasteiger partial charge in [0.15, 0.2) is 0 Å². The van der Waals surface area contributed by atoms with Crippen LogP contribution in [0.5, 0.6) is 0 Å². The molecule has 13 heavy (non-hydrogen) atoms. The Morgan fingerprint density at radius 3 is 2.46 bits per heavy atom. The van der Waals surface area contributed by atoms with Gasteiger partial charge in [-0.15, -0.1) is 5.10 Å². The Bertz CT molecular complexity index is 300. The topological polar surface area (TPSA) is 28.0 Å². The highest BCUT2D eigenvalue weighted by molar-refractivity contribution is 5.78. The fraction of sp³-hybridized carbons (Fsp3) is 0.200. The number of benzene rings is 1. The molecule has 0 fully saturated rings. The van der Waals surface area contributed by atoms with Gasteiger partial charge in [-0.05, 0) is 19.1 Å². The van der Waals surface area contributed by atoms with E-state index in [2.05, 4.69) is 36.0 Å². The zero-order chi connectivity index (χ0) is 9.68. The molecule has 1 aromatic carbocycles. The average Bonchev–Trinajstić information content (AvgIpc) is 2.15. The third kappa shape index (κ3) is 2.71. The van der Waals surface area contributed by atoms with Gasteiger partial charge in [0.2, 0.25) is 0 Å². The minimum atomic E-state index is 1.08. The van der Waals surface area contributed by atoms with Gasteiger partial charge in [0.25, 0.3) is 0 Å². The van der Waals surface area contributed by atoms with E-state index in [1.165, 1.54) is 5.56 Å². The predicted molar refractivity (Wildman–Crippen MR) is 57.6 cm³/mol. The maximum atomic E-state index is 3.69. The molecule has 0 saturated carbocycles. The fourth-order valence-corrected chi connectivity index (χ4v) is 0.961. The Kier molecular flexibility index (Phi) is 3.20. The number of hydrogen-bond donors (Lipinski definition) is 0. The van der Waals surface area contributed by atoms with E-state index in [1.54, 1.807) is 6.34 Å². The second kappa shape index (κ2) is 4.40. The van der Waals surface area contributed by atoms with Crippen LogP contribution in [0.25, 0.3) is 0 Å². The van der Waals surface area contributed by atoms with E-state index in [-0.39, 0.29) is 0 Å².